The predicted molar refractivity (Wildman–Crippen MR) is 83.7 cm³/mol. The van der Waals surface area contributed by atoms with E-state index in [9.17, 15) is 4.39 Å². The van der Waals surface area contributed by atoms with Gasteiger partial charge < -0.3 is 10.1 Å². The first-order valence-electron chi connectivity index (χ1n) is 7.76. The van der Waals surface area contributed by atoms with E-state index in [-0.39, 0.29) is 11.4 Å². The van der Waals surface area contributed by atoms with E-state index in [0.29, 0.717) is 6.54 Å². The van der Waals surface area contributed by atoms with Crippen LogP contribution in [-0.2, 0) is 17.8 Å². The van der Waals surface area contributed by atoms with Crippen LogP contribution in [0.1, 0.15) is 38.3 Å². The average molecular weight is 294 g/mol. The van der Waals surface area contributed by atoms with Crippen molar-refractivity contribution in [3.8, 4) is 0 Å². The first kappa shape index (κ1) is 16.4. The summed E-state index contributed by atoms with van der Waals surface area (Å²) in [4.78, 5) is 2.27. The standard InChI is InChI=1S/C17H27FN2O/c1-17(2,3)19-12-14-5-6-16(18)15(11-14)13-20-7-4-9-21-10-8-20/h5-6,11,19H,4,7-10,12-13H2,1-3H3. The number of halogens is 1. The number of nitrogens with zero attached hydrogens (tertiary/aromatic N) is 1. The van der Waals surface area contributed by atoms with Crippen molar-refractivity contribution in [2.45, 2.75) is 45.8 Å². The van der Waals surface area contributed by atoms with Crippen molar-refractivity contribution in [2.75, 3.05) is 26.3 Å². The van der Waals surface area contributed by atoms with E-state index in [0.717, 1.165) is 50.4 Å². The maximum absolute atomic E-state index is 14.0. The number of rotatable bonds is 4. The second-order valence-corrected chi connectivity index (χ2v) is 6.77. The fraction of sp³-hybridized carbons (Fsp3) is 0.647. The van der Waals surface area contributed by atoms with Gasteiger partial charge in [-0.15, -0.1) is 0 Å². The van der Waals surface area contributed by atoms with Crippen LogP contribution in [0.25, 0.3) is 0 Å². The Morgan fingerprint density at radius 2 is 2.05 bits per heavy atom. The molecule has 3 nitrogen and oxygen atoms in total. The number of ether oxygens (including phenoxy) is 1. The number of benzene rings is 1. The fourth-order valence-corrected chi connectivity index (χ4v) is 2.42. The maximum atomic E-state index is 14.0. The minimum Gasteiger partial charge on any atom is -0.380 e. The first-order valence-corrected chi connectivity index (χ1v) is 7.76. The van der Waals surface area contributed by atoms with Gasteiger partial charge in [0, 0.05) is 43.9 Å². The molecule has 118 valence electrons. The van der Waals surface area contributed by atoms with Gasteiger partial charge in [-0.3, -0.25) is 4.90 Å². The van der Waals surface area contributed by atoms with Crippen molar-refractivity contribution in [1.29, 1.82) is 0 Å². The second-order valence-electron chi connectivity index (χ2n) is 6.77. The molecule has 0 radical (unpaired) electrons. The fourth-order valence-electron chi connectivity index (χ4n) is 2.42. The van der Waals surface area contributed by atoms with Gasteiger partial charge in [0.25, 0.3) is 0 Å². The molecular weight excluding hydrogens is 267 g/mol. The molecule has 0 aliphatic carbocycles. The molecule has 1 N–H and O–H groups in total. The zero-order valence-corrected chi connectivity index (χ0v) is 13.4. The van der Waals surface area contributed by atoms with Gasteiger partial charge in [0.05, 0.1) is 6.61 Å². The summed E-state index contributed by atoms with van der Waals surface area (Å²) >= 11 is 0. The Morgan fingerprint density at radius 1 is 1.24 bits per heavy atom. The molecule has 1 fully saturated rings. The lowest BCUT2D eigenvalue weighted by atomic mass is 10.1. The number of hydrogen-bond acceptors (Lipinski definition) is 3. The minimum absolute atomic E-state index is 0.0661. The summed E-state index contributed by atoms with van der Waals surface area (Å²) in [6.07, 6.45) is 1.02. The average Bonchev–Trinajstić information content (AvgIpc) is 2.67. The topological polar surface area (TPSA) is 24.5 Å². The zero-order valence-electron chi connectivity index (χ0n) is 13.4. The summed E-state index contributed by atoms with van der Waals surface area (Å²) < 4.78 is 19.5. The van der Waals surface area contributed by atoms with Crippen LogP contribution in [-0.4, -0.2) is 36.7 Å². The Morgan fingerprint density at radius 3 is 2.81 bits per heavy atom. The van der Waals surface area contributed by atoms with E-state index >= 15 is 0 Å². The molecule has 0 aromatic heterocycles. The molecule has 21 heavy (non-hydrogen) atoms. The Kier molecular flexibility index (Phi) is 5.73. The van der Waals surface area contributed by atoms with Gasteiger partial charge in [0.1, 0.15) is 5.82 Å². The molecule has 0 spiro atoms. The molecule has 1 heterocycles. The molecule has 1 aromatic rings. The molecule has 2 rings (SSSR count). The van der Waals surface area contributed by atoms with Crippen molar-refractivity contribution in [3.63, 3.8) is 0 Å². The highest BCUT2D eigenvalue weighted by Gasteiger charge is 2.13. The van der Waals surface area contributed by atoms with Gasteiger partial charge in [0.15, 0.2) is 0 Å². The maximum Gasteiger partial charge on any atom is 0.127 e. The number of nitrogens with one attached hydrogen (secondary N) is 1. The Balaban J connectivity index is 2.00. The van der Waals surface area contributed by atoms with Crippen molar-refractivity contribution in [3.05, 3.63) is 35.1 Å². The number of hydrogen-bond donors (Lipinski definition) is 1. The molecule has 0 saturated carbocycles. The summed E-state index contributed by atoms with van der Waals surface area (Å²) in [6.45, 7) is 11.2. The normalized spacial score (nSPS) is 17.7. The van der Waals surface area contributed by atoms with Crippen LogP contribution in [0, 0.1) is 5.82 Å². The smallest absolute Gasteiger partial charge is 0.127 e. The predicted octanol–water partition coefficient (Wildman–Crippen LogP) is 2.94. The van der Waals surface area contributed by atoms with E-state index in [4.69, 9.17) is 4.74 Å². The van der Waals surface area contributed by atoms with Gasteiger partial charge >= 0.3 is 0 Å². The molecular formula is C17H27FN2O. The Hall–Kier alpha value is -0.970. The van der Waals surface area contributed by atoms with Gasteiger partial charge in [-0.2, -0.15) is 0 Å². The lowest BCUT2D eigenvalue weighted by Crippen LogP contribution is -2.35. The van der Waals surface area contributed by atoms with Gasteiger partial charge in [0.2, 0.25) is 0 Å². The monoisotopic (exact) mass is 294 g/mol. The van der Waals surface area contributed by atoms with Crippen LogP contribution in [0.2, 0.25) is 0 Å². The van der Waals surface area contributed by atoms with Crippen LogP contribution in [0.4, 0.5) is 4.39 Å². The highest BCUT2D eigenvalue weighted by molar-refractivity contribution is 5.25. The van der Waals surface area contributed by atoms with Crippen molar-refractivity contribution >= 4 is 0 Å². The van der Waals surface area contributed by atoms with Crippen molar-refractivity contribution in [2.24, 2.45) is 0 Å². The van der Waals surface area contributed by atoms with Crippen LogP contribution in [0.5, 0.6) is 0 Å². The van der Waals surface area contributed by atoms with E-state index < -0.39 is 0 Å². The molecule has 1 aromatic carbocycles. The zero-order chi connectivity index (χ0) is 15.3. The van der Waals surface area contributed by atoms with E-state index in [2.05, 4.69) is 31.0 Å². The molecule has 1 aliphatic rings. The lowest BCUT2D eigenvalue weighted by Gasteiger charge is -2.22. The third-order valence-electron chi connectivity index (χ3n) is 3.64. The van der Waals surface area contributed by atoms with Gasteiger partial charge in [-0.05, 0) is 38.8 Å². The molecule has 1 aliphatic heterocycles. The highest BCUT2D eigenvalue weighted by Crippen LogP contribution is 2.15. The third-order valence-corrected chi connectivity index (χ3v) is 3.64. The summed E-state index contributed by atoms with van der Waals surface area (Å²) in [5.41, 5.74) is 1.98. The van der Waals surface area contributed by atoms with Crippen LogP contribution < -0.4 is 5.32 Å². The molecule has 0 unspecified atom stereocenters. The Bertz CT molecular complexity index is 449. The summed E-state index contributed by atoms with van der Waals surface area (Å²) in [5, 5.41) is 3.44. The summed E-state index contributed by atoms with van der Waals surface area (Å²) in [6, 6.07) is 5.44. The molecule has 4 heteroatoms. The molecule has 0 amide bonds. The molecule has 1 saturated heterocycles. The Labute approximate surface area is 127 Å². The van der Waals surface area contributed by atoms with E-state index in [1.165, 1.54) is 0 Å². The van der Waals surface area contributed by atoms with Crippen molar-refractivity contribution < 1.29 is 9.13 Å². The third kappa shape index (κ3) is 5.73. The summed E-state index contributed by atoms with van der Waals surface area (Å²) in [7, 11) is 0. The summed E-state index contributed by atoms with van der Waals surface area (Å²) in [5.74, 6) is -0.111. The quantitative estimate of drug-likeness (QED) is 0.924. The second kappa shape index (κ2) is 7.34. The van der Waals surface area contributed by atoms with Crippen LogP contribution in [0.3, 0.4) is 0 Å². The van der Waals surface area contributed by atoms with Crippen LogP contribution >= 0.6 is 0 Å². The van der Waals surface area contributed by atoms with Crippen LogP contribution in [0.15, 0.2) is 18.2 Å². The SMILES string of the molecule is CC(C)(C)NCc1ccc(F)c(CN2CCCOCC2)c1. The van der Waals surface area contributed by atoms with Gasteiger partial charge in [-0.25, -0.2) is 4.39 Å². The van der Waals surface area contributed by atoms with E-state index in [1.807, 2.05) is 12.1 Å². The van der Waals surface area contributed by atoms with Crippen molar-refractivity contribution in [1.82, 2.24) is 10.2 Å². The molecule has 0 atom stereocenters. The molecule has 0 bridgehead atoms. The van der Waals surface area contributed by atoms with Gasteiger partial charge in [-0.1, -0.05) is 12.1 Å². The minimum atomic E-state index is -0.111. The lowest BCUT2D eigenvalue weighted by molar-refractivity contribution is 0.140. The largest absolute Gasteiger partial charge is 0.380 e. The first-order chi connectivity index (χ1) is 9.94. The highest BCUT2D eigenvalue weighted by atomic mass is 19.1. The van der Waals surface area contributed by atoms with E-state index in [1.54, 1.807) is 6.07 Å².